The van der Waals surface area contributed by atoms with Gasteiger partial charge in [0, 0.05) is 37.0 Å². The Balaban J connectivity index is 2.37. The zero-order valence-electron chi connectivity index (χ0n) is 12.1. The normalized spacial score (nSPS) is 19.3. The number of nitro benzene ring substituents is 1. The van der Waals surface area contributed by atoms with E-state index in [-0.39, 0.29) is 11.5 Å². The lowest BCUT2D eigenvalue weighted by molar-refractivity contribution is -0.384. The summed E-state index contributed by atoms with van der Waals surface area (Å²) in [6.07, 6.45) is 1.000. The van der Waals surface area contributed by atoms with E-state index < -0.39 is 4.92 Å². The van der Waals surface area contributed by atoms with E-state index >= 15 is 0 Å². The predicted molar refractivity (Wildman–Crippen MR) is 79.9 cm³/mol. The Morgan fingerprint density at radius 2 is 2.29 bits per heavy atom. The van der Waals surface area contributed by atoms with Crippen LogP contribution in [0.4, 0.5) is 11.4 Å². The van der Waals surface area contributed by atoms with Crippen LogP contribution in [0.5, 0.6) is 0 Å². The molecule has 0 aliphatic carbocycles. The van der Waals surface area contributed by atoms with E-state index in [4.69, 9.17) is 10.9 Å². The van der Waals surface area contributed by atoms with Crippen LogP contribution in [0.3, 0.4) is 0 Å². The number of nitrogens with two attached hydrogens (primary N) is 1. The van der Waals surface area contributed by atoms with Crippen molar-refractivity contribution >= 4 is 17.2 Å². The van der Waals surface area contributed by atoms with Gasteiger partial charge in [0.25, 0.3) is 5.69 Å². The molecular weight excluding hydrogens is 274 g/mol. The molecule has 1 fully saturated rings. The molecule has 1 unspecified atom stereocenters. The number of rotatable bonds is 4. The highest BCUT2D eigenvalue weighted by atomic mass is 16.6. The molecule has 0 spiro atoms. The Morgan fingerprint density at radius 3 is 2.81 bits per heavy atom. The fourth-order valence-corrected chi connectivity index (χ4v) is 2.55. The molecular formula is C13H19N5O3. The Labute approximate surface area is 122 Å². The summed E-state index contributed by atoms with van der Waals surface area (Å²) in [4.78, 5) is 14.6. The summed E-state index contributed by atoms with van der Waals surface area (Å²) in [5.41, 5.74) is 6.72. The Morgan fingerprint density at radius 1 is 1.57 bits per heavy atom. The minimum absolute atomic E-state index is 0.0799. The summed E-state index contributed by atoms with van der Waals surface area (Å²) >= 11 is 0. The minimum Gasteiger partial charge on any atom is -0.409 e. The highest BCUT2D eigenvalue weighted by molar-refractivity contribution is 6.02. The molecule has 0 aromatic heterocycles. The molecule has 114 valence electrons. The summed E-state index contributed by atoms with van der Waals surface area (Å²) in [6.45, 7) is 1.63. The van der Waals surface area contributed by atoms with Crippen LogP contribution in [-0.4, -0.2) is 54.1 Å². The fraction of sp³-hybridized carbons (Fsp3) is 0.462. The maximum atomic E-state index is 10.9. The van der Waals surface area contributed by atoms with Gasteiger partial charge in [0.05, 0.1) is 10.5 Å². The van der Waals surface area contributed by atoms with Gasteiger partial charge >= 0.3 is 0 Å². The number of amidine groups is 1. The zero-order valence-corrected chi connectivity index (χ0v) is 12.1. The third-order valence-electron chi connectivity index (χ3n) is 3.81. The van der Waals surface area contributed by atoms with Crippen molar-refractivity contribution in [2.75, 3.05) is 32.1 Å². The molecule has 1 atom stereocenters. The number of oxime groups is 1. The summed E-state index contributed by atoms with van der Waals surface area (Å²) in [6, 6.07) is 4.85. The summed E-state index contributed by atoms with van der Waals surface area (Å²) in [5, 5.41) is 22.8. The highest BCUT2D eigenvalue weighted by Gasteiger charge is 2.27. The van der Waals surface area contributed by atoms with Gasteiger partial charge in [-0.05, 0) is 26.6 Å². The number of hydrogen-bond donors (Lipinski definition) is 2. The molecule has 21 heavy (non-hydrogen) atoms. The molecule has 2 rings (SSSR count). The number of likely N-dealkylation sites (N-methyl/N-ethyl adjacent to an activating group) is 1. The third kappa shape index (κ3) is 3.05. The van der Waals surface area contributed by atoms with Crippen LogP contribution < -0.4 is 10.6 Å². The first-order valence-corrected chi connectivity index (χ1v) is 6.61. The van der Waals surface area contributed by atoms with Gasteiger partial charge in [0.2, 0.25) is 0 Å². The largest absolute Gasteiger partial charge is 0.409 e. The van der Waals surface area contributed by atoms with Crippen molar-refractivity contribution in [2.45, 2.75) is 12.5 Å². The molecule has 1 heterocycles. The van der Waals surface area contributed by atoms with Gasteiger partial charge in [-0.2, -0.15) is 0 Å². The van der Waals surface area contributed by atoms with Gasteiger partial charge in [-0.1, -0.05) is 5.16 Å². The number of anilines is 1. The van der Waals surface area contributed by atoms with Gasteiger partial charge in [0.1, 0.15) is 0 Å². The monoisotopic (exact) mass is 293 g/mol. The molecule has 8 nitrogen and oxygen atoms in total. The van der Waals surface area contributed by atoms with Crippen LogP contribution in [0.15, 0.2) is 23.4 Å². The van der Waals surface area contributed by atoms with Crippen molar-refractivity contribution in [1.82, 2.24) is 4.90 Å². The Bertz CT molecular complexity index is 573. The quantitative estimate of drug-likeness (QED) is 0.280. The summed E-state index contributed by atoms with van der Waals surface area (Å²) in [7, 11) is 4.04. The topological polar surface area (TPSA) is 108 Å². The third-order valence-corrected chi connectivity index (χ3v) is 3.81. The van der Waals surface area contributed by atoms with E-state index in [1.54, 1.807) is 6.07 Å². The molecule has 1 aliphatic heterocycles. The van der Waals surface area contributed by atoms with Crippen molar-refractivity contribution in [3.8, 4) is 0 Å². The first-order valence-electron chi connectivity index (χ1n) is 6.61. The van der Waals surface area contributed by atoms with Gasteiger partial charge in [-0.25, -0.2) is 0 Å². The van der Waals surface area contributed by atoms with Crippen molar-refractivity contribution in [1.29, 1.82) is 0 Å². The van der Waals surface area contributed by atoms with Crippen molar-refractivity contribution in [2.24, 2.45) is 10.9 Å². The van der Waals surface area contributed by atoms with Crippen molar-refractivity contribution < 1.29 is 10.1 Å². The molecule has 1 saturated heterocycles. The second-order valence-electron chi connectivity index (χ2n) is 5.30. The predicted octanol–water partition coefficient (Wildman–Crippen LogP) is 0.830. The fourth-order valence-electron chi connectivity index (χ4n) is 2.55. The van der Waals surface area contributed by atoms with Crippen molar-refractivity contribution in [3.05, 3.63) is 33.9 Å². The van der Waals surface area contributed by atoms with E-state index in [0.717, 1.165) is 25.2 Å². The van der Waals surface area contributed by atoms with Gasteiger partial charge in [-0.3, -0.25) is 10.1 Å². The number of non-ortho nitro benzene ring substituents is 1. The van der Waals surface area contributed by atoms with Crippen molar-refractivity contribution in [3.63, 3.8) is 0 Å². The van der Waals surface area contributed by atoms with Gasteiger partial charge < -0.3 is 20.7 Å². The molecule has 0 amide bonds. The molecule has 1 aliphatic rings. The average molecular weight is 293 g/mol. The molecule has 0 bridgehead atoms. The second-order valence-corrected chi connectivity index (χ2v) is 5.30. The van der Waals surface area contributed by atoms with E-state index in [2.05, 4.69) is 15.0 Å². The van der Waals surface area contributed by atoms with Crippen LogP contribution >= 0.6 is 0 Å². The summed E-state index contributed by atoms with van der Waals surface area (Å²) in [5.74, 6) is -0.123. The SMILES string of the molecule is CN(C)C1CCN(c2ccc([N+](=O)[O-])cc2C(N)=NO)C1. The first kappa shape index (κ1) is 15.0. The van der Waals surface area contributed by atoms with E-state index in [1.165, 1.54) is 12.1 Å². The van der Waals surface area contributed by atoms with E-state index in [9.17, 15) is 10.1 Å². The van der Waals surface area contributed by atoms with Crippen LogP contribution in [0.1, 0.15) is 12.0 Å². The lowest BCUT2D eigenvalue weighted by atomic mass is 10.1. The lowest BCUT2D eigenvalue weighted by Gasteiger charge is -2.23. The zero-order chi connectivity index (χ0) is 15.6. The van der Waals surface area contributed by atoms with Gasteiger partial charge in [0.15, 0.2) is 5.84 Å². The van der Waals surface area contributed by atoms with Crippen LogP contribution in [0.2, 0.25) is 0 Å². The average Bonchev–Trinajstić information content (AvgIpc) is 2.95. The van der Waals surface area contributed by atoms with Gasteiger partial charge in [-0.15, -0.1) is 0 Å². The minimum atomic E-state index is -0.495. The maximum absolute atomic E-state index is 10.9. The van der Waals surface area contributed by atoms with E-state index in [1.807, 2.05) is 14.1 Å². The first-order chi connectivity index (χ1) is 9.93. The number of nitro groups is 1. The molecule has 0 radical (unpaired) electrons. The van der Waals surface area contributed by atoms with E-state index in [0.29, 0.717) is 11.6 Å². The van der Waals surface area contributed by atoms with Crippen LogP contribution in [-0.2, 0) is 0 Å². The molecule has 0 saturated carbocycles. The molecule has 1 aromatic rings. The molecule has 8 heteroatoms. The summed E-state index contributed by atoms with van der Waals surface area (Å²) < 4.78 is 0. The Hall–Kier alpha value is -2.35. The highest BCUT2D eigenvalue weighted by Crippen LogP contribution is 2.29. The standard InChI is InChI=1S/C13H19N5O3/c1-16(2)10-5-6-17(8-10)12-4-3-9(18(20)21)7-11(12)13(14)15-19/h3-4,7,10,19H,5-6,8H2,1-2H3,(H2,14,15). The number of hydrogen-bond acceptors (Lipinski definition) is 6. The number of nitrogens with zero attached hydrogens (tertiary/aromatic N) is 4. The maximum Gasteiger partial charge on any atom is 0.270 e. The number of benzene rings is 1. The molecule has 1 aromatic carbocycles. The smallest absolute Gasteiger partial charge is 0.270 e. The van der Waals surface area contributed by atoms with Crippen LogP contribution in [0.25, 0.3) is 0 Å². The Kier molecular flexibility index (Phi) is 4.27. The second kappa shape index (κ2) is 5.96. The van der Waals surface area contributed by atoms with Crippen LogP contribution in [0, 0.1) is 10.1 Å². The molecule has 3 N–H and O–H groups in total. The lowest BCUT2D eigenvalue weighted by Crippen LogP contribution is -2.32.